The number of hydrogen-bond donors (Lipinski definition) is 2. The molecule has 1 aromatic carbocycles. The number of nitrogens with zero attached hydrogens (tertiary/aromatic N) is 3. The molecule has 0 aliphatic heterocycles. The summed E-state index contributed by atoms with van der Waals surface area (Å²) in [7, 11) is 0. The van der Waals surface area contributed by atoms with Gasteiger partial charge in [0.1, 0.15) is 17.5 Å². The van der Waals surface area contributed by atoms with Crippen molar-refractivity contribution in [1.82, 2.24) is 15.0 Å². The van der Waals surface area contributed by atoms with Gasteiger partial charge in [-0.25, -0.2) is 19.3 Å². The lowest BCUT2D eigenvalue weighted by Gasteiger charge is -2.57. The Labute approximate surface area is 178 Å². The molecule has 5 rings (SSSR count). The number of primary amides is 1. The third-order valence-corrected chi connectivity index (χ3v) is 6.10. The number of rotatable bonds is 6. The van der Waals surface area contributed by atoms with Crippen LogP contribution in [0.5, 0.6) is 5.88 Å². The highest BCUT2D eigenvalue weighted by Gasteiger charge is 2.54. The van der Waals surface area contributed by atoms with E-state index in [0.29, 0.717) is 29.1 Å². The number of carbonyl (C=O) groups is 1. The van der Waals surface area contributed by atoms with Crippen molar-refractivity contribution in [2.45, 2.75) is 37.8 Å². The third-order valence-electron chi connectivity index (χ3n) is 6.10. The normalized spacial score (nSPS) is 24.2. The molecule has 0 saturated heterocycles. The Bertz CT molecular complexity index is 1120. The van der Waals surface area contributed by atoms with Crippen LogP contribution in [0.25, 0.3) is 11.3 Å². The van der Waals surface area contributed by atoms with Crippen LogP contribution in [0.4, 0.5) is 10.3 Å². The maximum atomic E-state index is 13.5. The molecule has 0 unspecified atom stereocenters. The first kappa shape index (κ1) is 19.4. The first-order valence-electron chi connectivity index (χ1n) is 10.3. The summed E-state index contributed by atoms with van der Waals surface area (Å²) in [5, 5.41) is 3.38. The Morgan fingerprint density at radius 2 is 1.94 bits per heavy atom. The summed E-state index contributed by atoms with van der Waals surface area (Å²) in [5.41, 5.74) is 7.36. The van der Waals surface area contributed by atoms with Crippen LogP contribution in [0, 0.1) is 11.2 Å². The molecule has 0 radical (unpaired) electrons. The second-order valence-corrected chi connectivity index (χ2v) is 8.39. The Kier molecular flexibility index (Phi) is 4.77. The summed E-state index contributed by atoms with van der Waals surface area (Å²) in [5.74, 6) is 0.0345. The summed E-state index contributed by atoms with van der Waals surface area (Å²) in [4.78, 5) is 24.5. The van der Waals surface area contributed by atoms with Crippen LogP contribution in [0.3, 0.4) is 0 Å². The van der Waals surface area contributed by atoms with Gasteiger partial charge in [-0.1, -0.05) is 12.1 Å². The zero-order valence-electron chi connectivity index (χ0n) is 16.8. The highest BCUT2D eigenvalue weighted by atomic mass is 19.1. The van der Waals surface area contributed by atoms with Gasteiger partial charge in [-0.3, -0.25) is 4.79 Å². The van der Waals surface area contributed by atoms with Gasteiger partial charge in [-0.05, 0) is 61.4 Å². The first-order valence-corrected chi connectivity index (χ1v) is 10.3. The zero-order chi connectivity index (χ0) is 21.4. The van der Waals surface area contributed by atoms with Crippen molar-refractivity contribution >= 4 is 11.9 Å². The molecule has 2 heterocycles. The highest BCUT2D eigenvalue weighted by molar-refractivity contribution is 5.94. The molecule has 3 aromatic rings. The van der Waals surface area contributed by atoms with Crippen molar-refractivity contribution in [3.8, 4) is 17.1 Å². The van der Waals surface area contributed by atoms with E-state index in [-0.39, 0.29) is 17.3 Å². The SMILES string of the molecule is NC(=O)c1cccnc1OC1CC2(CC(Nc3nccc(-c4cccc(F)c4)n3)C2)C1. The van der Waals surface area contributed by atoms with Gasteiger partial charge in [0, 0.05) is 24.0 Å². The van der Waals surface area contributed by atoms with Crippen molar-refractivity contribution in [3.63, 3.8) is 0 Å². The molecule has 8 heteroatoms. The Morgan fingerprint density at radius 1 is 1.10 bits per heavy atom. The van der Waals surface area contributed by atoms with E-state index < -0.39 is 5.91 Å². The fourth-order valence-electron chi connectivity index (χ4n) is 4.66. The maximum Gasteiger partial charge on any atom is 0.254 e. The highest BCUT2D eigenvalue weighted by Crippen LogP contribution is 2.57. The van der Waals surface area contributed by atoms with E-state index in [1.54, 1.807) is 36.7 Å². The topological polar surface area (TPSA) is 103 Å². The van der Waals surface area contributed by atoms with Gasteiger partial charge in [-0.15, -0.1) is 0 Å². The minimum atomic E-state index is -0.537. The Hall–Kier alpha value is -3.55. The predicted molar refractivity (Wildman–Crippen MR) is 113 cm³/mol. The average molecular weight is 419 g/mol. The predicted octanol–water partition coefficient (Wildman–Crippen LogP) is 3.58. The van der Waals surface area contributed by atoms with Crippen molar-refractivity contribution in [2.24, 2.45) is 11.1 Å². The molecule has 31 heavy (non-hydrogen) atoms. The molecule has 7 nitrogen and oxygen atoms in total. The van der Waals surface area contributed by atoms with Gasteiger partial charge >= 0.3 is 0 Å². The van der Waals surface area contributed by atoms with Gasteiger partial charge in [0.15, 0.2) is 0 Å². The number of nitrogens with two attached hydrogens (primary N) is 1. The maximum absolute atomic E-state index is 13.5. The van der Waals surface area contributed by atoms with Crippen molar-refractivity contribution in [2.75, 3.05) is 5.32 Å². The second kappa shape index (κ2) is 7.61. The molecule has 3 N–H and O–H groups in total. The lowest BCUT2D eigenvalue weighted by atomic mass is 9.53. The molecule has 0 bridgehead atoms. The van der Waals surface area contributed by atoms with Gasteiger partial charge in [0.2, 0.25) is 11.8 Å². The van der Waals surface area contributed by atoms with Crippen LogP contribution in [0.2, 0.25) is 0 Å². The van der Waals surface area contributed by atoms with Crippen LogP contribution < -0.4 is 15.8 Å². The molecular formula is C23H22FN5O2. The molecular weight excluding hydrogens is 397 g/mol. The monoisotopic (exact) mass is 419 g/mol. The number of nitrogens with one attached hydrogen (secondary N) is 1. The number of benzene rings is 1. The molecule has 2 aliphatic rings. The number of hydrogen-bond acceptors (Lipinski definition) is 6. The van der Waals surface area contributed by atoms with E-state index in [0.717, 1.165) is 31.2 Å². The van der Waals surface area contributed by atoms with Crippen molar-refractivity contribution in [1.29, 1.82) is 0 Å². The fourth-order valence-corrected chi connectivity index (χ4v) is 4.66. The van der Waals surface area contributed by atoms with E-state index in [1.807, 2.05) is 6.07 Å². The summed E-state index contributed by atoms with van der Waals surface area (Å²) < 4.78 is 19.4. The number of halogens is 1. The molecule has 0 atom stereocenters. The largest absolute Gasteiger partial charge is 0.474 e. The fraction of sp³-hybridized carbons (Fsp3) is 0.304. The smallest absolute Gasteiger partial charge is 0.254 e. The molecule has 2 saturated carbocycles. The zero-order valence-corrected chi connectivity index (χ0v) is 16.8. The minimum absolute atomic E-state index is 0.0431. The lowest BCUT2D eigenvalue weighted by molar-refractivity contribution is -0.0760. The number of pyridine rings is 1. The first-order chi connectivity index (χ1) is 15.0. The van der Waals surface area contributed by atoms with Crippen molar-refractivity contribution < 1.29 is 13.9 Å². The molecule has 1 amide bonds. The minimum Gasteiger partial charge on any atom is -0.474 e. The van der Waals surface area contributed by atoms with E-state index in [4.69, 9.17) is 10.5 Å². The Balaban J connectivity index is 1.15. The van der Waals surface area contributed by atoms with Gasteiger partial charge in [0.05, 0.1) is 5.69 Å². The van der Waals surface area contributed by atoms with E-state index in [2.05, 4.69) is 20.3 Å². The third kappa shape index (κ3) is 3.93. The summed E-state index contributed by atoms with van der Waals surface area (Å²) >= 11 is 0. The summed E-state index contributed by atoms with van der Waals surface area (Å²) in [6.45, 7) is 0. The number of aromatic nitrogens is 3. The molecule has 1 spiro atoms. The van der Waals surface area contributed by atoms with Gasteiger partial charge in [-0.2, -0.15) is 0 Å². The van der Waals surface area contributed by atoms with Crippen LogP contribution in [-0.2, 0) is 0 Å². The number of anilines is 1. The van der Waals surface area contributed by atoms with Crippen LogP contribution >= 0.6 is 0 Å². The van der Waals surface area contributed by atoms with Gasteiger partial charge in [0.25, 0.3) is 5.91 Å². The second-order valence-electron chi connectivity index (χ2n) is 8.39. The molecule has 158 valence electrons. The van der Waals surface area contributed by atoms with E-state index in [9.17, 15) is 9.18 Å². The number of carbonyl (C=O) groups excluding carboxylic acids is 1. The van der Waals surface area contributed by atoms with Gasteiger partial charge < -0.3 is 15.8 Å². The van der Waals surface area contributed by atoms with Crippen LogP contribution in [0.15, 0.2) is 54.9 Å². The Morgan fingerprint density at radius 3 is 2.71 bits per heavy atom. The summed E-state index contributed by atoms with van der Waals surface area (Å²) in [6, 6.07) is 11.7. The van der Waals surface area contributed by atoms with E-state index in [1.165, 1.54) is 12.1 Å². The quantitative estimate of drug-likeness (QED) is 0.633. The summed E-state index contributed by atoms with van der Waals surface area (Å²) in [6.07, 6.45) is 7.17. The van der Waals surface area contributed by atoms with Crippen LogP contribution in [0.1, 0.15) is 36.0 Å². The number of amides is 1. The molecule has 2 aromatic heterocycles. The lowest BCUT2D eigenvalue weighted by Crippen LogP contribution is -2.56. The molecule has 2 aliphatic carbocycles. The number of ether oxygens (including phenoxy) is 1. The molecule has 2 fully saturated rings. The van der Waals surface area contributed by atoms with Crippen LogP contribution in [-0.4, -0.2) is 33.0 Å². The standard InChI is InChI=1S/C23H22FN5O2/c24-15-4-1-3-14(9-15)19-6-8-27-22(29-19)28-16-10-23(11-16)12-17(13-23)31-21-18(20(25)30)5-2-7-26-21/h1-9,16-17H,10-13H2,(H2,25,30)(H,27,28,29). The van der Waals surface area contributed by atoms with E-state index >= 15 is 0 Å². The van der Waals surface area contributed by atoms with Crippen molar-refractivity contribution in [3.05, 3.63) is 66.2 Å². The average Bonchev–Trinajstić information content (AvgIpc) is 2.71.